The Balaban J connectivity index is 1.06. The summed E-state index contributed by atoms with van der Waals surface area (Å²) in [6, 6.07) is 9.33. The molecule has 4 aromatic rings. The average molecular weight is 556 g/mol. The van der Waals surface area contributed by atoms with E-state index in [1.54, 1.807) is 34.1 Å². The van der Waals surface area contributed by atoms with Crippen molar-refractivity contribution in [3.05, 3.63) is 66.9 Å². The number of pyridine rings is 1. The molecule has 0 spiro atoms. The molecule has 2 aliphatic heterocycles. The molecule has 1 atom stereocenters. The molecule has 0 aliphatic carbocycles. The van der Waals surface area contributed by atoms with E-state index in [2.05, 4.69) is 32.0 Å². The number of anilines is 1. The molecule has 12 nitrogen and oxygen atoms in total. The number of nitrogens with one attached hydrogen (secondary N) is 2. The number of amides is 2. The molecule has 0 saturated carbocycles. The Bertz CT molecular complexity index is 1560. The highest BCUT2D eigenvalue weighted by atomic mass is 16.6. The summed E-state index contributed by atoms with van der Waals surface area (Å²) < 4.78 is 9.42. The maximum absolute atomic E-state index is 13.1. The smallest absolute Gasteiger partial charge is 0.410 e. The van der Waals surface area contributed by atoms with Gasteiger partial charge in [-0.1, -0.05) is 12.1 Å². The van der Waals surface area contributed by atoms with Gasteiger partial charge in [-0.3, -0.25) is 14.2 Å². The van der Waals surface area contributed by atoms with Gasteiger partial charge < -0.3 is 26.0 Å². The first-order valence-corrected chi connectivity index (χ1v) is 13.8. The predicted octanol–water partition coefficient (Wildman–Crippen LogP) is 2.86. The van der Waals surface area contributed by atoms with Gasteiger partial charge in [0.25, 0.3) is 5.91 Å². The fourth-order valence-electron chi connectivity index (χ4n) is 5.35. The Morgan fingerprint density at radius 1 is 1.00 bits per heavy atom. The minimum Gasteiger partial charge on any atom is -0.410 e. The van der Waals surface area contributed by atoms with Gasteiger partial charge in [0.1, 0.15) is 11.6 Å². The number of ether oxygens (including phenoxy) is 1. The van der Waals surface area contributed by atoms with Gasteiger partial charge in [-0.2, -0.15) is 10.2 Å². The number of benzene rings is 1. The van der Waals surface area contributed by atoms with E-state index in [9.17, 15) is 9.59 Å². The van der Waals surface area contributed by atoms with Crippen LogP contribution in [0.15, 0.2) is 61.3 Å². The van der Waals surface area contributed by atoms with E-state index in [4.69, 9.17) is 10.5 Å². The third kappa shape index (κ3) is 5.92. The SMILES string of the molecule is Cn1cc(-c2cnc(N)c(C(=O)N[C@@H]3CCN(C(=O)Oc4cccc(-c5cnn(C6CCNCC6)c5)c4)C3)c2)cn1. The first kappa shape index (κ1) is 26.5. The Morgan fingerprint density at radius 3 is 2.61 bits per heavy atom. The molecule has 4 N–H and O–H groups in total. The molecule has 41 heavy (non-hydrogen) atoms. The molecule has 2 fully saturated rings. The van der Waals surface area contributed by atoms with Crippen molar-refractivity contribution < 1.29 is 14.3 Å². The van der Waals surface area contributed by atoms with Crippen LogP contribution in [-0.2, 0) is 7.05 Å². The third-order valence-corrected chi connectivity index (χ3v) is 7.64. The zero-order valence-electron chi connectivity index (χ0n) is 22.9. The summed E-state index contributed by atoms with van der Waals surface area (Å²) in [5.41, 5.74) is 9.80. The van der Waals surface area contributed by atoms with E-state index in [-0.39, 0.29) is 23.3 Å². The van der Waals surface area contributed by atoms with Crippen LogP contribution in [0.4, 0.5) is 10.6 Å². The van der Waals surface area contributed by atoms with Crippen molar-refractivity contribution in [3.8, 4) is 28.0 Å². The standard InChI is InChI=1S/C29H33N9O3/c1-36-16-21(14-33-36)20-12-26(27(30)32-13-20)28(39)35-23-7-10-37(18-23)29(40)41-25-4-2-3-19(11-25)22-15-34-38(17-22)24-5-8-31-9-6-24/h2-4,11-17,23-24,31H,5-10,18H2,1H3,(H2,30,32)(H,35,39)/t23-/m1/s1. The summed E-state index contributed by atoms with van der Waals surface area (Å²) in [4.78, 5) is 31.8. The Morgan fingerprint density at radius 2 is 1.80 bits per heavy atom. The maximum Gasteiger partial charge on any atom is 0.415 e. The van der Waals surface area contributed by atoms with E-state index in [1.165, 1.54) is 0 Å². The van der Waals surface area contributed by atoms with Gasteiger partial charge in [0.05, 0.1) is 24.0 Å². The maximum atomic E-state index is 13.1. The van der Waals surface area contributed by atoms with Crippen LogP contribution in [0.3, 0.4) is 0 Å². The topological polar surface area (TPSA) is 145 Å². The fraction of sp³-hybridized carbons (Fsp3) is 0.345. The number of nitrogens with two attached hydrogens (primary N) is 1. The number of carbonyl (C=O) groups is 2. The van der Waals surface area contributed by atoms with Crippen molar-refractivity contribution in [2.45, 2.75) is 31.3 Å². The van der Waals surface area contributed by atoms with Gasteiger partial charge in [-0.15, -0.1) is 0 Å². The first-order chi connectivity index (χ1) is 19.9. The molecule has 0 radical (unpaired) electrons. The van der Waals surface area contributed by atoms with Crippen LogP contribution < -0.4 is 21.1 Å². The lowest BCUT2D eigenvalue weighted by Crippen LogP contribution is -2.39. The lowest BCUT2D eigenvalue weighted by molar-refractivity contribution is 0.0937. The minimum absolute atomic E-state index is 0.144. The van der Waals surface area contributed by atoms with Crippen LogP contribution in [0.25, 0.3) is 22.3 Å². The molecule has 0 bridgehead atoms. The Labute approximate surface area is 237 Å². The van der Waals surface area contributed by atoms with Crippen LogP contribution in [0.1, 0.15) is 35.7 Å². The van der Waals surface area contributed by atoms with Gasteiger partial charge in [-0.25, -0.2) is 9.78 Å². The molecule has 0 unspecified atom stereocenters. The number of rotatable bonds is 6. The van der Waals surface area contributed by atoms with Crippen molar-refractivity contribution in [2.75, 3.05) is 31.9 Å². The minimum atomic E-state index is -0.455. The van der Waals surface area contributed by atoms with Gasteiger partial charge in [0, 0.05) is 61.5 Å². The summed E-state index contributed by atoms with van der Waals surface area (Å²) >= 11 is 0. The largest absolute Gasteiger partial charge is 0.415 e. The van der Waals surface area contributed by atoms with Crippen LogP contribution in [0.2, 0.25) is 0 Å². The summed E-state index contributed by atoms with van der Waals surface area (Å²) in [5, 5.41) is 15.1. The molecule has 1 aromatic carbocycles. The number of nitrogen functional groups attached to an aromatic ring is 1. The molecule has 6 rings (SSSR count). The van der Waals surface area contributed by atoms with Crippen molar-refractivity contribution >= 4 is 17.8 Å². The number of hydrogen-bond acceptors (Lipinski definition) is 8. The second-order valence-corrected chi connectivity index (χ2v) is 10.6. The summed E-state index contributed by atoms with van der Waals surface area (Å²) in [5.74, 6) is 0.268. The monoisotopic (exact) mass is 555 g/mol. The normalized spacial score (nSPS) is 17.5. The highest BCUT2D eigenvalue weighted by Crippen LogP contribution is 2.27. The molecule has 3 aromatic heterocycles. The van der Waals surface area contributed by atoms with Gasteiger partial charge >= 0.3 is 6.09 Å². The van der Waals surface area contributed by atoms with Crippen LogP contribution in [0.5, 0.6) is 5.75 Å². The molecule has 5 heterocycles. The quantitative estimate of drug-likeness (QED) is 0.329. The molecular formula is C29H33N9O3. The zero-order valence-corrected chi connectivity index (χ0v) is 22.9. The lowest BCUT2D eigenvalue weighted by Gasteiger charge is -2.22. The second-order valence-electron chi connectivity index (χ2n) is 10.6. The zero-order chi connectivity index (χ0) is 28.3. The third-order valence-electron chi connectivity index (χ3n) is 7.64. The number of aromatic nitrogens is 5. The molecule has 12 heteroatoms. The van der Waals surface area contributed by atoms with Crippen LogP contribution in [0, 0.1) is 0 Å². The van der Waals surface area contributed by atoms with E-state index < -0.39 is 6.09 Å². The molecular weight excluding hydrogens is 522 g/mol. The van der Waals surface area contributed by atoms with Gasteiger partial charge in [0.2, 0.25) is 0 Å². The molecule has 212 valence electrons. The van der Waals surface area contributed by atoms with Crippen LogP contribution in [-0.4, -0.2) is 73.7 Å². The average Bonchev–Trinajstić information content (AvgIpc) is 3.76. The summed E-state index contributed by atoms with van der Waals surface area (Å²) in [6.07, 6.45) is 11.3. The first-order valence-electron chi connectivity index (χ1n) is 13.8. The van der Waals surface area contributed by atoms with Crippen molar-refractivity contribution in [2.24, 2.45) is 7.05 Å². The van der Waals surface area contributed by atoms with Crippen LogP contribution >= 0.6 is 0 Å². The second kappa shape index (κ2) is 11.4. The predicted molar refractivity (Wildman–Crippen MR) is 153 cm³/mol. The van der Waals surface area contributed by atoms with Gasteiger partial charge in [0.15, 0.2) is 0 Å². The summed E-state index contributed by atoms with van der Waals surface area (Å²) in [7, 11) is 1.82. The number of piperidine rings is 1. The van der Waals surface area contributed by atoms with E-state index >= 15 is 0 Å². The molecule has 2 aliphatic rings. The number of likely N-dealkylation sites (tertiary alicyclic amines) is 1. The number of hydrogen-bond donors (Lipinski definition) is 3. The van der Waals surface area contributed by atoms with Crippen molar-refractivity contribution in [1.82, 2.24) is 40.1 Å². The molecule has 2 saturated heterocycles. The number of nitrogens with zero attached hydrogens (tertiary/aromatic N) is 6. The summed E-state index contributed by atoms with van der Waals surface area (Å²) in [6.45, 7) is 2.80. The van der Waals surface area contributed by atoms with Crippen molar-refractivity contribution in [3.63, 3.8) is 0 Å². The Kier molecular flexibility index (Phi) is 7.38. The lowest BCUT2D eigenvalue weighted by atomic mass is 10.1. The number of carbonyl (C=O) groups excluding carboxylic acids is 2. The highest BCUT2D eigenvalue weighted by molar-refractivity contribution is 5.99. The highest BCUT2D eigenvalue weighted by Gasteiger charge is 2.29. The van der Waals surface area contributed by atoms with E-state index in [1.807, 2.05) is 42.3 Å². The molecule has 2 amide bonds. The van der Waals surface area contributed by atoms with E-state index in [0.717, 1.165) is 48.2 Å². The van der Waals surface area contributed by atoms with Crippen molar-refractivity contribution in [1.29, 1.82) is 0 Å². The van der Waals surface area contributed by atoms with E-state index in [0.29, 0.717) is 31.3 Å². The Hall–Kier alpha value is -4.71. The fourth-order valence-corrected chi connectivity index (χ4v) is 5.35. The number of aryl methyl sites for hydroxylation is 1. The van der Waals surface area contributed by atoms with Gasteiger partial charge in [-0.05, 0) is 56.1 Å².